The number of ether oxygens (including phenoxy) is 3. The predicted octanol–water partition coefficient (Wildman–Crippen LogP) is 3.38. The molecule has 1 heterocycles. The second-order valence-electron chi connectivity index (χ2n) is 6.06. The normalized spacial score (nSPS) is 11.6. The zero-order valence-electron chi connectivity index (χ0n) is 16.3. The van der Waals surface area contributed by atoms with Gasteiger partial charge in [-0.15, -0.1) is 0 Å². The van der Waals surface area contributed by atoms with E-state index in [0.29, 0.717) is 22.6 Å². The van der Waals surface area contributed by atoms with Crippen LogP contribution in [0.2, 0.25) is 0 Å². The first-order valence-corrected chi connectivity index (χ1v) is 8.60. The number of esters is 1. The van der Waals surface area contributed by atoms with E-state index in [-0.39, 0.29) is 23.7 Å². The van der Waals surface area contributed by atoms with Gasteiger partial charge in [0.2, 0.25) is 5.78 Å². The molecule has 2 rings (SSSR count). The average Bonchev–Trinajstić information content (AvgIpc) is 2.95. The molecule has 0 aliphatic rings. The van der Waals surface area contributed by atoms with Crippen LogP contribution in [0.1, 0.15) is 46.0 Å². The van der Waals surface area contributed by atoms with Crippen molar-refractivity contribution in [3.05, 3.63) is 50.8 Å². The second kappa shape index (κ2) is 8.55. The lowest BCUT2D eigenvalue weighted by atomic mass is 10.1. The number of carbonyl (C=O) groups excluding carboxylic acids is 2. The number of hydrogen-bond donors (Lipinski definition) is 1. The lowest BCUT2D eigenvalue weighted by Gasteiger charge is -2.14. The van der Waals surface area contributed by atoms with Gasteiger partial charge in [-0.3, -0.25) is 14.9 Å². The van der Waals surface area contributed by atoms with E-state index < -0.39 is 22.8 Å². The van der Waals surface area contributed by atoms with Crippen LogP contribution < -0.4 is 9.47 Å². The van der Waals surface area contributed by atoms with Crippen molar-refractivity contribution in [1.29, 1.82) is 0 Å². The first-order valence-electron chi connectivity index (χ1n) is 8.60. The standard InChI is InChI=1S/C19H22N2O7/c1-6-27-19(23)16-10(2)17(20-11(16)3)18(22)12(4)28-15-8-7-13(26-5)9-14(15)21(24)25/h7-9,12,20H,6H2,1-5H3/t12-/m0/s1. The van der Waals surface area contributed by atoms with Crippen LogP contribution in [0, 0.1) is 24.0 Å². The zero-order chi connectivity index (χ0) is 21.0. The number of aromatic amines is 1. The van der Waals surface area contributed by atoms with Crippen LogP contribution in [0.25, 0.3) is 0 Å². The molecule has 0 radical (unpaired) electrons. The minimum Gasteiger partial charge on any atom is -0.496 e. The van der Waals surface area contributed by atoms with Crippen molar-refractivity contribution >= 4 is 17.4 Å². The van der Waals surface area contributed by atoms with Crippen molar-refractivity contribution in [2.75, 3.05) is 13.7 Å². The van der Waals surface area contributed by atoms with Gasteiger partial charge in [-0.05, 0) is 45.4 Å². The number of nitro groups is 1. The van der Waals surface area contributed by atoms with Crippen molar-refractivity contribution < 1.29 is 28.7 Å². The number of nitrogens with one attached hydrogen (secondary N) is 1. The van der Waals surface area contributed by atoms with Crippen LogP contribution in [-0.2, 0) is 4.74 Å². The van der Waals surface area contributed by atoms with Crippen LogP contribution in [0.3, 0.4) is 0 Å². The summed E-state index contributed by atoms with van der Waals surface area (Å²) in [6, 6.07) is 4.09. The maximum atomic E-state index is 12.8. The third kappa shape index (κ3) is 4.13. The Balaban J connectivity index is 2.30. The van der Waals surface area contributed by atoms with E-state index in [2.05, 4.69) is 4.98 Å². The maximum absolute atomic E-state index is 12.8. The summed E-state index contributed by atoms with van der Waals surface area (Å²) in [7, 11) is 1.39. The number of aromatic nitrogens is 1. The number of Topliss-reactive ketones (excluding diaryl/α,β-unsaturated/α-hetero) is 1. The molecule has 9 nitrogen and oxygen atoms in total. The van der Waals surface area contributed by atoms with Crippen LogP contribution in [0.5, 0.6) is 11.5 Å². The summed E-state index contributed by atoms with van der Waals surface area (Å²) < 4.78 is 15.5. The highest BCUT2D eigenvalue weighted by atomic mass is 16.6. The molecule has 1 aromatic heterocycles. The molecule has 1 N–H and O–H groups in total. The zero-order valence-corrected chi connectivity index (χ0v) is 16.3. The van der Waals surface area contributed by atoms with Gasteiger partial charge in [-0.1, -0.05) is 0 Å². The third-order valence-electron chi connectivity index (χ3n) is 4.20. The molecule has 1 atom stereocenters. The molecule has 0 bridgehead atoms. The van der Waals surface area contributed by atoms with Gasteiger partial charge >= 0.3 is 11.7 Å². The topological polar surface area (TPSA) is 121 Å². The van der Waals surface area contributed by atoms with Gasteiger partial charge in [0.05, 0.1) is 36.0 Å². The van der Waals surface area contributed by atoms with Gasteiger partial charge in [-0.25, -0.2) is 4.79 Å². The van der Waals surface area contributed by atoms with Gasteiger partial charge in [0.1, 0.15) is 5.75 Å². The Hall–Kier alpha value is -3.36. The van der Waals surface area contributed by atoms with Crippen molar-refractivity contribution in [3.8, 4) is 11.5 Å². The SMILES string of the molecule is CCOC(=O)c1c(C)[nH]c(C(=O)[C@H](C)Oc2ccc(OC)cc2[N+](=O)[O-])c1C. The fourth-order valence-corrected chi connectivity index (χ4v) is 2.82. The maximum Gasteiger partial charge on any atom is 0.340 e. The number of benzene rings is 1. The summed E-state index contributed by atoms with van der Waals surface area (Å²) in [5, 5.41) is 11.3. The molecule has 9 heteroatoms. The van der Waals surface area contributed by atoms with Crippen molar-refractivity contribution in [1.82, 2.24) is 4.98 Å². The van der Waals surface area contributed by atoms with Crippen molar-refractivity contribution in [3.63, 3.8) is 0 Å². The summed E-state index contributed by atoms with van der Waals surface area (Å²) in [5.41, 5.74) is 1.13. The van der Waals surface area contributed by atoms with Gasteiger partial charge in [-0.2, -0.15) is 0 Å². The molecule has 0 unspecified atom stereocenters. The molecule has 0 saturated heterocycles. The Morgan fingerprint density at radius 1 is 1.29 bits per heavy atom. The van der Waals surface area contributed by atoms with Gasteiger partial charge < -0.3 is 19.2 Å². The number of methoxy groups -OCH3 is 1. The Morgan fingerprint density at radius 3 is 2.54 bits per heavy atom. The van der Waals surface area contributed by atoms with E-state index in [1.165, 1.54) is 32.2 Å². The summed E-state index contributed by atoms with van der Waals surface area (Å²) in [6.07, 6.45) is -1.03. The molecule has 0 aliphatic carbocycles. The summed E-state index contributed by atoms with van der Waals surface area (Å²) in [4.78, 5) is 38.5. The fraction of sp³-hybridized carbons (Fsp3) is 0.368. The molecular weight excluding hydrogens is 368 g/mol. The first-order chi connectivity index (χ1) is 13.2. The molecule has 0 aliphatic heterocycles. The number of H-pyrrole nitrogens is 1. The minimum absolute atomic E-state index is 0.0572. The van der Waals surface area contributed by atoms with E-state index in [0.717, 1.165) is 0 Å². The highest BCUT2D eigenvalue weighted by Crippen LogP contribution is 2.32. The first kappa shape index (κ1) is 20.9. The lowest BCUT2D eigenvalue weighted by molar-refractivity contribution is -0.386. The predicted molar refractivity (Wildman–Crippen MR) is 100 cm³/mol. The van der Waals surface area contributed by atoms with E-state index in [1.54, 1.807) is 20.8 Å². The molecule has 2 aromatic rings. The third-order valence-corrected chi connectivity index (χ3v) is 4.20. The molecule has 28 heavy (non-hydrogen) atoms. The van der Waals surface area contributed by atoms with Crippen LogP contribution in [0.15, 0.2) is 18.2 Å². The minimum atomic E-state index is -1.03. The number of nitrogens with zero attached hydrogens (tertiary/aromatic N) is 1. The molecule has 1 aromatic carbocycles. The van der Waals surface area contributed by atoms with Gasteiger partial charge in [0.15, 0.2) is 11.9 Å². The average molecular weight is 390 g/mol. The van der Waals surface area contributed by atoms with Crippen molar-refractivity contribution in [2.24, 2.45) is 0 Å². The van der Waals surface area contributed by atoms with E-state index >= 15 is 0 Å². The molecule has 0 saturated carbocycles. The Kier molecular flexibility index (Phi) is 6.40. The second-order valence-corrected chi connectivity index (χ2v) is 6.06. The highest BCUT2D eigenvalue weighted by molar-refractivity contribution is 6.03. The number of ketones is 1. The summed E-state index contributed by atoms with van der Waals surface area (Å²) in [5.74, 6) is -0.723. The van der Waals surface area contributed by atoms with Crippen LogP contribution in [-0.4, -0.2) is 41.5 Å². The molecule has 0 fully saturated rings. The Bertz CT molecular complexity index is 917. The van der Waals surface area contributed by atoms with Crippen molar-refractivity contribution in [2.45, 2.75) is 33.8 Å². The van der Waals surface area contributed by atoms with E-state index in [1.807, 2.05) is 0 Å². The largest absolute Gasteiger partial charge is 0.496 e. The Labute approximate surface area is 161 Å². The van der Waals surface area contributed by atoms with Gasteiger partial charge in [0, 0.05) is 5.69 Å². The van der Waals surface area contributed by atoms with Gasteiger partial charge in [0.25, 0.3) is 0 Å². The smallest absolute Gasteiger partial charge is 0.340 e. The van der Waals surface area contributed by atoms with E-state index in [4.69, 9.17) is 14.2 Å². The molecule has 0 spiro atoms. The van der Waals surface area contributed by atoms with Crippen LogP contribution in [0.4, 0.5) is 5.69 Å². The molecular formula is C19H22N2O7. The lowest BCUT2D eigenvalue weighted by Crippen LogP contribution is -2.25. The number of carbonyl (C=O) groups is 2. The molecule has 0 amide bonds. The number of rotatable bonds is 8. The number of nitro benzene ring substituents is 1. The quantitative estimate of drug-likeness (QED) is 0.317. The summed E-state index contributed by atoms with van der Waals surface area (Å²) >= 11 is 0. The fourth-order valence-electron chi connectivity index (χ4n) is 2.82. The molecule has 150 valence electrons. The van der Waals surface area contributed by atoms with E-state index in [9.17, 15) is 19.7 Å². The summed E-state index contributed by atoms with van der Waals surface area (Å²) in [6.45, 7) is 6.68. The highest BCUT2D eigenvalue weighted by Gasteiger charge is 2.28. The number of hydrogen-bond acceptors (Lipinski definition) is 7. The Morgan fingerprint density at radius 2 is 1.96 bits per heavy atom. The number of aryl methyl sites for hydroxylation is 1. The monoisotopic (exact) mass is 390 g/mol. The van der Waals surface area contributed by atoms with Crippen LogP contribution >= 0.6 is 0 Å².